The number of nitrogens with two attached hydrogens (primary N) is 1. The number of nitrogen functional groups attached to an aromatic ring is 1. The van der Waals surface area contributed by atoms with Gasteiger partial charge in [-0.05, 0) is 12.8 Å². The molecular formula is C17H19N5. The van der Waals surface area contributed by atoms with Crippen LogP contribution in [0.4, 0.5) is 5.82 Å². The van der Waals surface area contributed by atoms with Gasteiger partial charge in [-0.25, -0.2) is 15.0 Å². The molecule has 0 radical (unpaired) electrons. The second-order valence-corrected chi connectivity index (χ2v) is 5.91. The van der Waals surface area contributed by atoms with Crippen molar-refractivity contribution in [2.75, 3.05) is 5.73 Å². The first kappa shape index (κ1) is 13.2. The molecule has 0 amide bonds. The van der Waals surface area contributed by atoms with Crippen LogP contribution in [0.25, 0.3) is 22.6 Å². The predicted octanol–water partition coefficient (Wildman–Crippen LogP) is 3.58. The predicted molar refractivity (Wildman–Crippen MR) is 87.3 cm³/mol. The Kier molecular flexibility index (Phi) is 3.25. The molecule has 1 saturated carbocycles. The zero-order valence-electron chi connectivity index (χ0n) is 12.4. The molecule has 4 rings (SSSR count). The molecule has 5 heteroatoms. The minimum Gasteiger partial charge on any atom is -0.382 e. The van der Waals surface area contributed by atoms with E-state index in [1.165, 1.54) is 32.1 Å². The Balaban J connectivity index is 1.84. The van der Waals surface area contributed by atoms with Crippen LogP contribution in [0.15, 0.2) is 36.7 Å². The van der Waals surface area contributed by atoms with Crippen molar-refractivity contribution < 1.29 is 0 Å². The monoisotopic (exact) mass is 293 g/mol. The van der Waals surface area contributed by atoms with E-state index in [1.807, 2.05) is 36.7 Å². The smallest absolute Gasteiger partial charge is 0.166 e. The van der Waals surface area contributed by atoms with Gasteiger partial charge in [0, 0.05) is 11.6 Å². The van der Waals surface area contributed by atoms with Gasteiger partial charge in [-0.3, -0.25) is 0 Å². The molecule has 0 saturated heterocycles. The lowest BCUT2D eigenvalue weighted by Crippen LogP contribution is -2.12. The number of imidazole rings is 1. The van der Waals surface area contributed by atoms with Crippen molar-refractivity contribution in [2.45, 2.75) is 38.1 Å². The van der Waals surface area contributed by atoms with E-state index in [0.29, 0.717) is 23.2 Å². The van der Waals surface area contributed by atoms with Gasteiger partial charge < -0.3 is 10.3 Å². The lowest BCUT2D eigenvalue weighted by molar-refractivity contribution is 0.358. The molecule has 5 nitrogen and oxygen atoms in total. The quantitative estimate of drug-likeness (QED) is 0.784. The normalized spacial score (nSPS) is 16.2. The van der Waals surface area contributed by atoms with Gasteiger partial charge in [0.25, 0.3) is 0 Å². The van der Waals surface area contributed by atoms with Crippen molar-refractivity contribution in [3.63, 3.8) is 0 Å². The average molecular weight is 293 g/mol. The number of hydrogen-bond donors (Lipinski definition) is 1. The van der Waals surface area contributed by atoms with Crippen molar-refractivity contribution in [3.05, 3.63) is 36.7 Å². The maximum absolute atomic E-state index is 6.11. The van der Waals surface area contributed by atoms with E-state index in [1.54, 1.807) is 0 Å². The molecule has 2 N–H and O–H groups in total. The van der Waals surface area contributed by atoms with Gasteiger partial charge >= 0.3 is 0 Å². The molecule has 2 heterocycles. The molecular weight excluding hydrogens is 274 g/mol. The Morgan fingerprint density at radius 2 is 1.77 bits per heavy atom. The van der Waals surface area contributed by atoms with Crippen LogP contribution < -0.4 is 5.73 Å². The van der Waals surface area contributed by atoms with Gasteiger partial charge in [0.15, 0.2) is 17.3 Å². The van der Waals surface area contributed by atoms with Crippen LogP contribution in [0.5, 0.6) is 0 Å². The highest BCUT2D eigenvalue weighted by Crippen LogP contribution is 2.31. The van der Waals surface area contributed by atoms with E-state index in [9.17, 15) is 0 Å². The van der Waals surface area contributed by atoms with Crippen LogP contribution in [0.1, 0.15) is 38.1 Å². The van der Waals surface area contributed by atoms with Gasteiger partial charge in [0.2, 0.25) is 0 Å². The minimum absolute atomic E-state index is 0.457. The molecule has 0 bridgehead atoms. The number of hydrogen-bond acceptors (Lipinski definition) is 4. The molecule has 22 heavy (non-hydrogen) atoms. The highest BCUT2D eigenvalue weighted by atomic mass is 15.2. The van der Waals surface area contributed by atoms with Crippen LogP contribution in [-0.2, 0) is 0 Å². The Hall–Kier alpha value is -2.43. The molecule has 2 aromatic heterocycles. The lowest BCUT2D eigenvalue weighted by atomic mass is 9.95. The van der Waals surface area contributed by atoms with E-state index in [-0.39, 0.29) is 0 Å². The standard InChI is InChI=1S/C17H19N5/c18-15-14-17(21-16(20-15)12-7-3-1-4-8-12)22(11-19-14)13-9-5-2-6-10-13/h1,3-4,7-8,11,13H,2,5-6,9-10H2,(H2,18,20,21). The van der Waals surface area contributed by atoms with Crippen molar-refractivity contribution >= 4 is 17.0 Å². The third-order valence-electron chi connectivity index (χ3n) is 4.45. The summed E-state index contributed by atoms with van der Waals surface area (Å²) < 4.78 is 2.19. The Labute approximate surface area is 129 Å². The molecule has 1 aliphatic carbocycles. The Morgan fingerprint density at radius 3 is 2.55 bits per heavy atom. The molecule has 1 aromatic carbocycles. The summed E-state index contributed by atoms with van der Waals surface area (Å²) in [5.74, 6) is 1.13. The Bertz CT molecular complexity index is 787. The molecule has 0 unspecified atom stereocenters. The highest BCUT2D eigenvalue weighted by molar-refractivity contribution is 5.83. The largest absolute Gasteiger partial charge is 0.382 e. The van der Waals surface area contributed by atoms with Crippen molar-refractivity contribution in [2.24, 2.45) is 0 Å². The molecule has 112 valence electrons. The summed E-state index contributed by atoms with van der Waals surface area (Å²) in [4.78, 5) is 13.6. The molecule has 1 fully saturated rings. The van der Waals surface area contributed by atoms with Gasteiger partial charge in [0.05, 0.1) is 6.33 Å². The minimum atomic E-state index is 0.457. The summed E-state index contributed by atoms with van der Waals surface area (Å²) in [5.41, 5.74) is 8.66. The molecule has 0 aliphatic heterocycles. The van der Waals surface area contributed by atoms with Crippen molar-refractivity contribution in [1.29, 1.82) is 0 Å². The summed E-state index contributed by atoms with van der Waals surface area (Å²) in [7, 11) is 0. The second-order valence-electron chi connectivity index (χ2n) is 5.91. The van der Waals surface area contributed by atoms with Crippen LogP contribution in [-0.4, -0.2) is 19.5 Å². The van der Waals surface area contributed by atoms with Crippen LogP contribution in [0, 0.1) is 0 Å². The highest BCUT2D eigenvalue weighted by Gasteiger charge is 2.20. The molecule has 0 atom stereocenters. The SMILES string of the molecule is Nc1nc(-c2ccccc2)nc2c1ncn2C1CCCCC1. The van der Waals surface area contributed by atoms with Crippen molar-refractivity contribution in [3.8, 4) is 11.4 Å². The fraction of sp³-hybridized carbons (Fsp3) is 0.353. The summed E-state index contributed by atoms with van der Waals surface area (Å²) in [6, 6.07) is 10.4. The maximum atomic E-state index is 6.11. The summed E-state index contributed by atoms with van der Waals surface area (Å²) in [6.07, 6.45) is 8.13. The topological polar surface area (TPSA) is 69.6 Å². The average Bonchev–Trinajstić information content (AvgIpc) is 3.01. The molecule has 1 aliphatic rings. The number of nitrogens with zero attached hydrogens (tertiary/aromatic N) is 4. The van der Waals surface area contributed by atoms with E-state index < -0.39 is 0 Å². The zero-order chi connectivity index (χ0) is 14.9. The third-order valence-corrected chi connectivity index (χ3v) is 4.45. The fourth-order valence-corrected chi connectivity index (χ4v) is 3.28. The second kappa shape index (κ2) is 5.40. The van der Waals surface area contributed by atoms with Gasteiger partial charge in [-0.2, -0.15) is 0 Å². The number of fused-ring (bicyclic) bond motifs is 1. The summed E-state index contributed by atoms with van der Waals surface area (Å²) >= 11 is 0. The Morgan fingerprint density at radius 1 is 1.00 bits per heavy atom. The van der Waals surface area contributed by atoms with E-state index >= 15 is 0 Å². The summed E-state index contributed by atoms with van der Waals surface area (Å²) in [6.45, 7) is 0. The van der Waals surface area contributed by atoms with Crippen LogP contribution in [0.3, 0.4) is 0 Å². The summed E-state index contributed by atoms with van der Waals surface area (Å²) in [5, 5.41) is 0. The van der Waals surface area contributed by atoms with Gasteiger partial charge in [-0.1, -0.05) is 49.6 Å². The van der Waals surface area contributed by atoms with E-state index in [4.69, 9.17) is 10.7 Å². The van der Waals surface area contributed by atoms with Gasteiger partial charge in [0.1, 0.15) is 5.52 Å². The molecule has 0 spiro atoms. The maximum Gasteiger partial charge on any atom is 0.166 e. The number of anilines is 1. The zero-order valence-corrected chi connectivity index (χ0v) is 12.4. The first-order valence-corrected chi connectivity index (χ1v) is 7.88. The van der Waals surface area contributed by atoms with Crippen molar-refractivity contribution in [1.82, 2.24) is 19.5 Å². The lowest BCUT2D eigenvalue weighted by Gasteiger charge is -2.23. The number of aromatic nitrogens is 4. The van der Waals surface area contributed by atoms with Crippen LogP contribution >= 0.6 is 0 Å². The fourth-order valence-electron chi connectivity index (χ4n) is 3.28. The third kappa shape index (κ3) is 2.22. The van der Waals surface area contributed by atoms with E-state index in [0.717, 1.165) is 11.2 Å². The van der Waals surface area contributed by atoms with Gasteiger partial charge in [-0.15, -0.1) is 0 Å². The molecule has 3 aromatic rings. The van der Waals surface area contributed by atoms with E-state index in [2.05, 4.69) is 14.5 Å². The number of benzene rings is 1. The first-order chi connectivity index (χ1) is 10.8. The number of rotatable bonds is 2. The first-order valence-electron chi connectivity index (χ1n) is 7.88. The van der Waals surface area contributed by atoms with Crippen LogP contribution in [0.2, 0.25) is 0 Å².